The van der Waals surface area contributed by atoms with E-state index in [0.29, 0.717) is 0 Å². The molecule has 0 saturated heterocycles. The lowest BCUT2D eigenvalue weighted by atomic mass is 9.90. The molecule has 0 fully saturated rings. The third-order valence-corrected chi connectivity index (χ3v) is 3.89. The van der Waals surface area contributed by atoms with Crippen LogP contribution in [0.1, 0.15) is 18.1 Å². The molecule has 2 aromatic rings. The van der Waals surface area contributed by atoms with Gasteiger partial charge in [0.15, 0.2) is 0 Å². The van der Waals surface area contributed by atoms with Crippen molar-refractivity contribution in [1.29, 1.82) is 0 Å². The van der Waals surface area contributed by atoms with E-state index in [9.17, 15) is 4.79 Å². The highest BCUT2D eigenvalue weighted by Crippen LogP contribution is 2.27. The van der Waals surface area contributed by atoms with E-state index in [0.717, 1.165) is 21.3 Å². The molecule has 20 heavy (non-hydrogen) atoms. The van der Waals surface area contributed by atoms with Gasteiger partial charge in [-0.25, -0.2) is 0 Å². The highest BCUT2D eigenvalue weighted by atomic mass is 79.9. The first-order valence-electron chi connectivity index (χ1n) is 6.32. The van der Waals surface area contributed by atoms with Crippen molar-refractivity contribution in [2.24, 2.45) is 5.73 Å². The molecule has 3 nitrogen and oxygen atoms in total. The second kappa shape index (κ2) is 5.67. The molecule has 0 heterocycles. The van der Waals surface area contributed by atoms with Crippen LogP contribution in [0.25, 0.3) is 0 Å². The van der Waals surface area contributed by atoms with Crippen LogP contribution < -0.4 is 11.1 Å². The van der Waals surface area contributed by atoms with Gasteiger partial charge in [-0.05, 0) is 43.7 Å². The molecule has 0 radical (unpaired) electrons. The summed E-state index contributed by atoms with van der Waals surface area (Å²) in [5.74, 6) is -0.413. The van der Waals surface area contributed by atoms with Gasteiger partial charge >= 0.3 is 0 Å². The topological polar surface area (TPSA) is 55.1 Å². The minimum absolute atomic E-state index is 0.413. The van der Waals surface area contributed by atoms with Gasteiger partial charge in [-0.15, -0.1) is 0 Å². The Morgan fingerprint density at radius 2 is 1.65 bits per heavy atom. The van der Waals surface area contributed by atoms with E-state index in [4.69, 9.17) is 5.73 Å². The van der Waals surface area contributed by atoms with Gasteiger partial charge in [0.2, 0.25) is 5.91 Å². The average Bonchev–Trinajstić information content (AvgIpc) is 2.42. The monoisotopic (exact) mass is 332 g/mol. The third kappa shape index (κ3) is 3.02. The fourth-order valence-corrected chi connectivity index (χ4v) is 2.25. The first-order chi connectivity index (χ1) is 9.41. The molecule has 0 aliphatic rings. The number of halogens is 1. The molecule has 2 rings (SSSR count). The smallest absolute Gasteiger partial charge is 0.247 e. The lowest BCUT2D eigenvalue weighted by Crippen LogP contribution is -2.45. The summed E-state index contributed by atoms with van der Waals surface area (Å²) < 4.78 is 0.985. The SMILES string of the molecule is Cc1ccc(C(C)(Nc2ccc(Br)cc2)C(N)=O)cc1. The average molecular weight is 333 g/mol. The Bertz CT molecular complexity index is 607. The maximum Gasteiger partial charge on any atom is 0.247 e. The van der Waals surface area contributed by atoms with Gasteiger partial charge in [0, 0.05) is 10.2 Å². The van der Waals surface area contributed by atoms with Crippen LogP contribution in [-0.2, 0) is 10.3 Å². The Hall–Kier alpha value is -1.81. The molecule has 0 saturated carbocycles. The fourth-order valence-electron chi connectivity index (χ4n) is 1.98. The largest absolute Gasteiger partial charge is 0.368 e. The third-order valence-electron chi connectivity index (χ3n) is 3.36. The van der Waals surface area contributed by atoms with E-state index < -0.39 is 11.4 Å². The summed E-state index contributed by atoms with van der Waals surface area (Å²) in [5, 5.41) is 3.22. The number of hydrogen-bond donors (Lipinski definition) is 2. The second-order valence-electron chi connectivity index (χ2n) is 4.99. The second-order valence-corrected chi connectivity index (χ2v) is 5.90. The van der Waals surface area contributed by atoms with Crippen molar-refractivity contribution < 1.29 is 4.79 Å². The van der Waals surface area contributed by atoms with Crippen molar-refractivity contribution >= 4 is 27.5 Å². The number of primary amides is 1. The maximum atomic E-state index is 11.9. The molecule has 2 aromatic carbocycles. The molecule has 0 spiro atoms. The number of aryl methyl sites for hydroxylation is 1. The van der Waals surface area contributed by atoms with E-state index in [1.54, 1.807) is 6.92 Å². The molecule has 0 aliphatic carbocycles. The van der Waals surface area contributed by atoms with Crippen molar-refractivity contribution in [2.75, 3.05) is 5.32 Å². The maximum absolute atomic E-state index is 11.9. The number of carbonyl (C=O) groups excluding carboxylic acids is 1. The van der Waals surface area contributed by atoms with Gasteiger partial charge in [0.05, 0.1) is 0 Å². The molecular weight excluding hydrogens is 316 g/mol. The zero-order valence-electron chi connectivity index (χ0n) is 11.5. The van der Waals surface area contributed by atoms with Crippen molar-refractivity contribution in [3.05, 3.63) is 64.1 Å². The predicted molar refractivity (Wildman–Crippen MR) is 85.5 cm³/mol. The van der Waals surface area contributed by atoms with Crippen LogP contribution in [0.3, 0.4) is 0 Å². The Morgan fingerprint density at radius 3 is 2.15 bits per heavy atom. The summed E-state index contributed by atoms with van der Waals surface area (Å²) in [6.45, 7) is 3.80. The first kappa shape index (κ1) is 14.6. The van der Waals surface area contributed by atoms with Crippen molar-refractivity contribution in [2.45, 2.75) is 19.4 Å². The van der Waals surface area contributed by atoms with Crippen molar-refractivity contribution in [1.82, 2.24) is 0 Å². The number of anilines is 1. The molecule has 104 valence electrons. The summed E-state index contributed by atoms with van der Waals surface area (Å²) in [5.41, 5.74) is 7.50. The molecule has 0 aliphatic heterocycles. The zero-order valence-corrected chi connectivity index (χ0v) is 13.1. The van der Waals surface area contributed by atoms with E-state index in [1.807, 2.05) is 55.5 Å². The standard InChI is InChI=1S/C16H17BrN2O/c1-11-3-5-12(6-4-11)16(2,15(18)20)19-14-9-7-13(17)8-10-14/h3-10,19H,1-2H3,(H2,18,20). The Balaban J connectivity index is 2.37. The minimum Gasteiger partial charge on any atom is -0.368 e. The van der Waals surface area contributed by atoms with Gasteiger partial charge in [-0.2, -0.15) is 0 Å². The number of nitrogens with one attached hydrogen (secondary N) is 1. The lowest BCUT2D eigenvalue weighted by molar-refractivity contribution is -0.122. The van der Waals surface area contributed by atoms with Crippen LogP contribution in [0.4, 0.5) is 5.69 Å². The molecule has 4 heteroatoms. The summed E-state index contributed by atoms with van der Waals surface area (Å²) in [4.78, 5) is 11.9. The van der Waals surface area contributed by atoms with E-state index in [-0.39, 0.29) is 0 Å². The minimum atomic E-state index is -0.943. The first-order valence-corrected chi connectivity index (χ1v) is 7.12. The molecule has 3 N–H and O–H groups in total. The number of hydrogen-bond acceptors (Lipinski definition) is 2. The molecule has 1 unspecified atom stereocenters. The summed E-state index contributed by atoms with van der Waals surface area (Å²) in [6.07, 6.45) is 0. The molecule has 0 aromatic heterocycles. The predicted octanol–water partition coefficient (Wildman–Crippen LogP) is 3.57. The van der Waals surface area contributed by atoms with Gasteiger partial charge in [0.1, 0.15) is 5.54 Å². The number of amides is 1. The van der Waals surface area contributed by atoms with Crippen LogP contribution in [0, 0.1) is 6.92 Å². The lowest BCUT2D eigenvalue weighted by Gasteiger charge is -2.29. The van der Waals surface area contributed by atoms with Crippen LogP contribution in [0.5, 0.6) is 0 Å². The van der Waals surface area contributed by atoms with Gasteiger partial charge < -0.3 is 11.1 Å². The van der Waals surface area contributed by atoms with E-state index in [1.165, 1.54) is 0 Å². The Kier molecular flexibility index (Phi) is 4.14. The van der Waals surface area contributed by atoms with Crippen LogP contribution in [0.15, 0.2) is 53.0 Å². The van der Waals surface area contributed by atoms with Crippen molar-refractivity contribution in [3.8, 4) is 0 Å². The van der Waals surface area contributed by atoms with Gasteiger partial charge in [0.25, 0.3) is 0 Å². The van der Waals surface area contributed by atoms with Gasteiger partial charge in [-0.1, -0.05) is 45.8 Å². The summed E-state index contributed by atoms with van der Waals surface area (Å²) in [6, 6.07) is 15.4. The number of rotatable bonds is 4. The fraction of sp³-hybridized carbons (Fsp3) is 0.188. The van der Waals surface area contributed by atoms with E-state index >= 15 is 0 Å². The Morgan fingerprint density at radius 1 is 1.10 bits per heavy atom. The van der Waals surface area contributed by atoms with Gasteiger partial charge in [-0.3, -0.25) is 4.79 Å². The number of benzene rings is 2. The zero-order chi connectivity index (χ0) is 14.8. The van der Waals surface area contributed by atoms with Crippen molar-refractivity contribution in [3.63, 3.8) is 0 Å². The summed E-state index contributed by atoms with van der Waals surface area (Å²) >= 11 is 3.39. The van der Waals surface area contributed by atoms with E-state index in [2.05, 4.69) is 21.2 Å². The molecule has 1 atom stereocenters. The Labute approximate surface area is 127 Å². The molecular formula is C16H17BrN2O. The number of carbonyl (C=O) groups is 1. The summed E-state index contributed by atoms with van der Waals surface area (Å²) in [7, 11) is 0. The molecule has 0 bridgehead atoms. The highest BCUT2D eigenvalue weighted by molar-refractivity contribution is 9.10. The molecule has 1 amide bonds. The van der Waals surface area contributed by atoms with Crippen LogP contribution in [0.2, 0.25) is 0 Å². The number of nitrogens with two attached hydrogens (primary N) is 1. The highest BCUT2D eigenvalue weighted by Gasteiger charge is 2.33. The van der Waals surface area contributed by atoms with Crippen LogP contribution >= 0.6 is 15.9 Å². The van der Waals surface area contributed by atoms with Crippen LogP contribution in [-0.4, -0.2) is 5.91 Å². The quantitative estimate of drug-likeness (QED) is 0.899. The normalized spacial score (nSPS) is 13.6.